The smallest absolute Gasteiger partial charge is 0.251 e. The topological polar surface area (TPSA) is 80.7 Å². The van der Waals surface area contributed by atoms with E-state index in [-0.39, 0.29) is 11.9 Å². The highest BCUT2D eigenvalue weighted by Gasteiger charge is 2.12. The number of amides is 1. The van der Waals surface area contributed by atoms with Crippen LogP contribution in [-0.4, -0.2) is 31.9 Å². The van der Waals surface area contributed by atoms with Gasteiger partial charge in [-0.15, -0.1) is 0 Å². The molecule has 3 aromatic rings. The summed E-state index contributed by atoms with van der Waals surface area (Å²) in [5.74, 6) is -0.111. The van der Waals surface area contributed by atoms with Gasteiger partial charge in [0.1, 0.15) is 0 Å². The molecule has 26 heavy (non-hydrogen) atoms. The lowest BCUT2D eigenvalue weighted by atomic mass is 10.1. The molecule has 1 amide bonds. The summed E-state index contributed by atoms with van der Waals surface area (Å²) in [6.45, 7) is 5.79. The highest BCUT2D eigenvalue weighted by Crippen LogP contribution is 2.20. The molecule has 0 aliphatic carbocycles. The van der Waals surface area contributed by atoms with Crippen molar-refractivity contribution in [2.45, 2.75) is 33.2 Å². The maximum Gasteiger partial charge on any atom is 0.251 e. The van der Waals surface area contributed by atoms with Gasteiger partial charge in [0, 0.05) is 48.4 Å². The van der Waals surface area contributed by atoms with Crippen LogP contribution in [0.15, 0.2) is 49.1 Å². The van der Waals surface area contributed by atoms with Crippen LogP contribution in [0.25, 0.3) is 11.3 Å². The van der Waals surface area contributed by atoms with Gasteiger partial charge >= 0.3 is 0 Å². The van der Waals surface area contributed by atoms with Gasteiger partial charge in [0.2, 0.25) is 0 Å². The number of aromatic nitrogens is 4. The minimum Gasteiger partial charge on any atom is -0.349 e. The fourth-order valence-corrected chi connectivity index (χ4v) is 2.70. The molecule has 3 rings (SSSR count). The van der Waals surface area contributed by atoms with E-state index in [0.29, 0.717) is 12.0 Å². The first-order valence-corrected chi connectivity index (χ1v) is 8.49. The van der Waals surface area contributed by atoms with Gasteiger partial charge in [0.05, 0.1) is 22.8 Å². The number of nitrogens with one attached hydrogen (secondary N) is 1. The van der Waals surface area contributed by atoms with Crippen LogP contribution in [0.5, 0.6) is 0 Å². The van der Waals surface area contributed by atoms with Crippen LogP contribution in [0, 0.1) is 13.8 Å². The van der Waals surface area contributed by atoms with Gasteiger partial charge in [-0.1, -0.05) is 12.1 Å². The van der Waals surface area contributed by atoms with Crippen LogP contribution in [0.1, 0.15) is 34.4 Å². The maximum absolute atomic E-state index is 12.4. The number of benzene rings is 1. The zero-order valence-electron chi connectivity index (χ0n) is 15.1. The lowest BCUT2D eigenvalue weighted by Crippen LogP contribution is -2.34. The number of rotatable bonds is 5. The highest BCUT2D eigenvalue weighted by molar-refractivity contribution is 5.94. The second-order valence-electron chi connectivity index (χ2n) is 6.30. The minimum atomic E-state index is -0.111. The van der Waals surface area contributed by atoms with Gasteiger partial charge in [0.15, 0.2) is 0 Å². The molecule has 0 saturated heterocycles. The third kappa shape index (κ3) is 4.27. The molecular weight excluding hydrogens is 326 g/mol. The Kier molecular flexibility index (Phi) is 5.31. The van der Waals surface area contributed by atoms with Crippen LogP contribution < -0.4 is 5.32 Å². The van der Waals surface area contributed by atoms with Crippen molar-refractivity contribution in [1.82, 2.24) is 25.3 Å². The average molecular weight is 347 g/mol. The van der Waals surface area contributed by atoms with Gasteiger partial charge in [0.25, 0.3) is 5.91 Å². The SMILES string of the molecule is Cc1cnc(C)c(-c2ccc(C(=O)N[C@@H](C)Cc3cnccn3)cc2)n1. The molecule has 0 unspecified atom stereocenters. The van der Waals surface area contributed by atoms with E-state index >= 15 is 0 Å². The standard InChI is InChI=1S/C20H21N5O/c1-13(10-18-12-21-8-9-22-18)25-20(26)17-6-4-16(5-7-17)19-15(3)23-11-14(2)24-19/h4-9,11-13H,10H2,1-3H3,(H,25,26)/t13-/m0/s1. The fourth-order valence-electron chi connectivity index (χ4n) is 2.70. The van der Waals surface area contributed by atoms with Crippen LogP contribution in [0.4, 0.5) is 0 Å². The van der Waals surface area contributed by atoms with Crippen molar-refractivity contribution in [1.29, 1.82) is 0 Å². The van der Waals surface area contributed by atoms with Crippen LogP contribution in [0.2, 0.25) is 0 Å². The van der Waals surface area contributed by atoms with Crippen LogP contribution in [-0.2, 0) is 6.42 Å². The Labute approximate surface area is 152 Å². The van der Waals surface area contributed by atoms with E-state index < -0.39 is 0 Å². The van der Waals surface area contributed by atoms with Crippen molar-refractivity contribution in [3.05, 3.63) is 71.7 Å². The predicted molar refractivity (Wildman–Crippen MR) is 99.6 cm³/mol. The molecule has 0 spiro atoms. The molecule has 1 N–H and O–H groups in total. The quantitative estimate of drug-likeness (QED) is 0.767. The Hall–Kier alpha value is -3.15. The van der Waals surface area contributed by atoms with Gasteiger partial charge in [-0.25, -0.2) is 4.98 Å². The number of nitrogens with zero attached hydrogens (tertiary/aromatic N) is 4. The van der Waals surface area contributed by atoms with Gasteiger partial charge in [-0.2, -0.15) is 0 Å². The van der Waals surface area contributed by atoms with Gasteiger partial charge in [-0.05, 0) is 32.9 Å². The lowest BCUT2D eigenvalue weighted by Gasteiger charge is -2.13. The first kappa shape index (κ1) is 17.7. The fraction of sp³-hybridized carbons (Fsp3) is 0.250. The van der Waals surface area contributed by atoms with E-state index in [0.717, 1.165) is 28.3 Å². The molecule has 1 aromatic carbocycles. The largest absolute Gasteiger partial charge is 0.349 e. The van der Waals surface area contributed by atoms with Crippen molar-refractivity contribution < 1.29 is 4.79 Å². The summed E-state index contributed by atoms with van der Waals surface area (Å²) in [5.41, 5.74) is 4.98. The Balaban J connectivity index is 1.68. The molecule has 132 valence electrons. The Morgan fingerprint density at radius 2 is 1.85 bits per heavy atom. The molecule has 0 radical (unpaired) electrons. The first-order valence-electron chi connectivity index (χ1n) is 8.49. The lowest BCUT2D eigenvalue weighted by molar-refractivity contribution is 0.0940. The molecule has 0 bridgehead atoms. The van der Waals surface area contributed by atoms with Gasteiger partial charge in [-0.3, -0.25) is 19.7 Å². The molecule has 0 saturated carbocycles. The van der Waals surface area contributed by atoms with Crippen molar-refractivity contribution in [3.8, 4) is 11.3 Å². The zero-order valence-corrected chi connectivity index (χ0v) is 15.1. The first-order chi connectivity index (χ1) is 12.5. The van der Waals surface area contributed by atoms with Crippen molar-refractivity contribution >= 4 is 5.91 Å². The summed E-state index contributed by atoms with van der Waals surface area (Å²) >= 11 is 0. The molecule has 2 heterocycles. The Morgan fingerprint density at radius 3 is 2.54 bits per heavy atom. The zero-order chi connectivity index (χ0) is 18.5. The predicted octanol–water partition coefficient (Wildman–Crippen LogP) is 2.91. The molecular formula is C20H21N5O. The van der Waals surface area contributed by atoms with Crippen molar-refractivity contribution in [3.63, 3.8) is 0 Å². The Bertz CT molecular complexity index is 894. The van der Waals surface area contributed by atoms with E-state index in [1.54, 1.807) is 24.8 Å². The molecule has 6 nitrogen and oxygen atoms in total. The molecule has 0 aliphatic heterocycles. The number of aryl methyl sites for hydroxylation is 2. The normalized spacial score (nSPS) is 11.8. The Morgan fingerprint density at radius 1 is 1.08 bits per heavy atom. The molecule has 6 heteroatoms. The van der Waals surface area contributed by atoms with Crippen molar-refractivity contribution in [2.24, 2.45) is 0 Å². The summed E-state index contributed by atoms with van der Waals surface area (Å²) in [4.78, 5) is 29.6. The van der Waals surface area contributed by atoms with Crippen molar-refractivity contribution in [2.75, 3.05) is 0 Å². The van der Waals surface area contributed by atoms with Gasteiger partial charge < -0.3 is 5.32 Å². The highest BCUT2D eigenvalue weighted by atomic mass is 16.1. The molecule has 1 atom stereocenters. The van der Waals surface area contributed by atoms with E-state index in [4.69, 9.17) is 0 Å². The third-order valence-electron chi connectivity index (χ3n) is 4.01. The van der Waals surface area contributed by atoms with E-state index in [2.05, 4.69) is 25.3 Å². The molecule has 0 aliphatic rings. The van der Waals surface area contributed by atoms with E-state index in [9.17, 15) is 4.79 Å². The molecule has 2 aromatic heterocycles. The second-order valence-corrected chi connectivity index (χ2v) is 6.30. The van der Waals surface area contributed by atoms with E-state index in [1.165, 1.54) is 0 Å². The number of carbonyl (C=O) groups excluding carboxylic acids is 1. The third-order valence-corrected chi connectivity index (χ3v) is 4.01. The minimum absolute atomic E-state index is 0.0382. The summed E-state index contributed by atoms with van der Waals surface area (Å²) in [6.07, 6.45) is 7.38. The number of carbonyl (C=O) groups is 1. The number of hydrogen-bond acceptors (Lipinski definition) is 5. The monoisotopic (exact) mass is 347 g/mol. The van der Waals surface area contributed by atoms with Crippen LogP contribution in [0.3, 0.4) is 0 Å². The number of hydrogen-bond donors (Lipinski definition) is 1. The van der Waals surface area contributed by atoms with E-state index in [1.807, 2.05) is 45.0 Å². The molecule has 0 fully saturated rings. The maximum atomic E-state index is 12.4. The average Bonchev–Trinajstić information content (AvgIpc) is 2.64. The summed E-state index contributed by atoms with van der Waals surface area (Å²) in [6, 6.07) is 7.38. The summed E-state index contributed by atoms with van der Waals surface area (Å²) in [5, 5.41) is 2.99. The summed E-state index contributed by atoms with van der Waals surface area (Å²) < 4.78 is 0. The van der Waals surface area contributed by atoms with Crippen LogP contribution >= 0.6 is 0 Å². The second kappa shape index (κ2) is 7.82. The summed E-state index contributed by atoms with van der Waals surface area (Å²) in [7, 11) is 0.